The molecule has 0 amide bonds. The zero-order valence-electron chi connectivity index (χ0n) is 20.7. The van der Waals surface area contributed by atoms with Crippen molar-refractivity contribution in [1.82, 2.24) is 24.7 Å². The first-order valence-electron chi connectivity index (χ1n) is 11.4. The molecule has 1 aromatic carbocycles. The number of nitrogens with one attached hydrogen (secondary N) is 1. The molecule has 1 aliphatic rings. The molecule has 36 heavy (non-hydrogen) atoms. The van der Waals surface area contributed by atoms with E-state index < -0.39 is 34.2 Å². The monoisotopic (exact) mass is 518 g/mol. The molecule has 0 unspecified atom stereocenters. The van der Waals surface area contributed by atoms with Crippen LogP contribution in [-0.4, -0.2) is 63.3 Å². The molecule has 13 heteroatoms. The number of fused-ring (bicyclic) bond motifs is 3. The van der Waals surface area contributed by atoms with E-state index in [9.17, 15) is 13.5 Å². The van der Waals surface area contributed by atoms with E-state index >= 15 is 0 Å². The molecule has 0 radical (unpaired) electrons. The molecular formula is C23H30N6O6S. The first-order valence-corrected chi connectivity index (χ1v) is 13.0. The van der Waals surface area contributed by atoms with Gasteiger partial charge in [0.05, 0.1) is 26.4 Å². The van der Waals surface area contributed by atoms with Gasteiger partial charge in [-0.2, -0.15) is 0 Å². The van der Waals surface area contributed by atoms with E-state index in [0.717, 1.165) is 11.1 Å². The average molecular weight is 519 g/mol. The smallest absolute Gasteiger partial charge is 0.240 e. The number of aromatic nitrogens is 5. The van der Waals surface area contributed by atoms with Crippen LogP contribution in [0.5, 0.6) is 5.75 Å². The summed E-state index contributed by atoms with van der Waals surface area (Å²) in [5.74, 6) is 1.08. The van der Waals surface area contributed by atoms with Gasteiger partial charge in [0.25, 0.3) is 0 Å². The first kappa shape index (κ1) is 25.9. The molecule has 2 N–H and O–H groups in total. The Hall–Kier alpha value is -3.13. The minimum absolute atomic E-state index is 0.0975. The van der Waals surface area contributed by atoms with Crippen LogP contribution >= 0.6 is 0 Å². The Morgan fingerprint density at radius 1 is 1.22 bits per heavy atom. The molecule has 3 heterocycles. The predicted molar refractivity (Wildman–Crippen MR) is 131 cm³/mol. The lowest BCUT2D eigenvalue weighted by molar-refractivity contribution is -0.0397. The second-order valence-corrected chi connectivity index (χ2v) is 10.8. The summed E-state index contributed by atoms with van der Waals surface area (Å²) < 4.78 is 48.1. The van der Waals surface area contributed by atoms with Crippen molar-refractivity contribution in [3.63, 3.8) is 0 Å². The Labute approximate surface area is 209 Å². The Bertz CT molecular complexity index is 1310. The van der Waals surface area contributed by atoms with Crippen molar-refractivity contribution in [1.29, 1.82) is 0 Å². The van der Waals surface area contributed by atoms with Gasteiger partial charge in [-0.3, -0.25) is 9.29 Å². The van der Waals surface area contributed by atoms with Crippen LogP contribution in [0.2, 0.25) is 0 Å². The third-order valence-corrected chi connectivity index (χ3v) is 7.45. The lowest BCUT2D eigenvalue weighted by atomic mass is 10.1. The van der Waals surface area contributed by atoms with E-state index in [1.807, 2.05) is 13.0 Å². The van der Waals surface area contributed by atoms with Gasteiger partial charge in [0, 0.05) is 18.0 Å². The summed E-state index contributed by atoms with van der Waals surface area (Å²) in [5, 5.41) is 17.2. The quantitative estimate of drug-likeness (QED) is 0.432. The molecule has 194 valence electrons. The van der Waals surface area contributed by atoms with Crippen molar-refractivity contribution in [2.24, 2.45) is 0 Å². The van der Waals surface area contributed by atoms with Crippen molar-refractivity contribution in [2.45, 2.75) is 58.0 Å². The molecule has 12 nitrogen and oxygen atoms in total. The second-order valence-electron chi connectivity index (χ2n) is 8.76. The summed E-state index contributed by atoms with van der Waals surface area (Å²) in [7, 11) is -2.55. The average Bonchev–Trinajstić information content (AvgIpc) is 3.17. The Kier molecular flexibility index (Phi) is 7.54. The van der Waals surface area contributed by atoms with E-state index in [2.05, 4.69) is 24.9 Å². The van der Waals surface area contributed by atoms with E-state index in [4.69, 9.17) is 14.2 Å². The maximum atomic E-state index is 13.5. The predicted octanol–water partition coefficient (Wildman–Crippen LogP) is 2.37. The number of aliphatic hydroxyl groups excluding tert-OH is 1. The Morgan fingerprint density at radius 2 is 1.94 bits per heavy atom. The number of hydrogen-bond donors (Lipinski definition) is 2. The number of methoxy groups -OCH3 is 1. The summed E-state index contributed by atoms with van der Waals surface area (Å²) in [6.07, 6.45) is 1.09. The van der Waals surface area contributed by atoms with Crippen LogP contribution in [0, 0.1) is 6.92 Å². The van der Waals surface area contributed by atoms with E-state index in [-0.39, 0.29) is 24.5 Å². The summed E-state index contributed by atoms with van der Waals surface area (Å²) >= 11 is 0. The van der Waals surface area contributed by atoms with Gasteiger partial charge in [-0.15, -0.1) is 10.2 Å². The highest BCUT2D eigenvalue weighted by molar-refractivity contribution is 7.93. The minimum Gasteiger partial charge on any atom is -0.497 e. The summed E-state index contributed by atoms with van der Waals surface area (Å²) in [6.45, 7) is 6.73. The molecule has 2 aromatic heterocycles. The van der Waals surface area contributed by atoms with Crippen LogP contribution in [0.3, 0.4) is 0 Å². The van der Waals surface area contributed by atoms with E-state index in [1.54, 1.807) is 45.5 Å². The van der Waals surface area contributed by atoms with Gasteiger partial charge < -0.3 is 19.3 Å². The molecule has 0 saturated carbocycles. The number of hydrogen-bond acceptors (Lipinski definition) is 10. The minimum atomic E-state index is -4.09. The molecular weight excluding hydrogens is 488 g/mol. The number of rotatable bonds is 9. The van der Waals surface area contributed by atoms with Crippen LogP contribution in [0.4, 0.5) is 5.95 Å². The highest BCUT2D eigenvalue weighted by Gasteiger charge is 2.36. The van der Waals surface area contributed by atoms with Crippen molar-refractivity contribution < 1.29 is 27.7 Å². The normalized spacial score (nSPS) is 17.1. The standard InChI is InChI=1S/C23H30N6O6S/c1-13(2)35-20(21-24-9-14(3)10-25-21)15(4)36(31,32)28-23-27-26-22-18-8-17(33-5)7-6-16(18)12-34-19(11-30)29(22)23/h6-10,13,15,19-20,30H,11-12H2,1-5H3,(H,27,28)/t15-,19+,20+/m0/s1. The van der Waals surface area contributed by atoms with Gasteiger partial charge in [0.2, 0.25) is 16.0 Å². The summed E-state index contributed by atoms with van der Waals surface area (Å²) in [6, 6.07) is 5.38. The molecule has 4 rings (SSSR count). The fraction of sp³-hybridized carbons (Fsp3) is 0.478. The van der Waals surface area contributed by atoms with Gasteiger partial charge in [-0.25, -0.2) is 18.4 Å². The SMILES string of the molecule is COc1ccc2c(c1)-c1nnc(NS(=O)(=O)[C@@H](C)[C@@H](OC(C)C)c3ncc(C)cn3)n1[C@@H](CO)OC2. The van der Waals surface area contributed by atoms with Crippen LogP contribution in [0.25, 0.3) is 11.4 Å². The molecule has 3 atom stereocenters. The summed E-state index contributed by atoms with van der Waals surface area (Å²) in [4.78, 5) is 8.57. The molecule has 0 aliphatic carbocycles. The van der Waals surface area contributed by atoms with Crippen molar-refractivity contribution in [2.75, 3.05) is 18.4 Å². The van der Waals surface area contributed by atoms with Gasteiger partial charge >= 0.3 is 0 Å². The third-order valence-electron chi connectivity index (χ3n) is 5.75. The van der Waals surface area contributed by atoms with Crippen molar-refractivity contribution >= 4 is 16.0 Å². The number of ether oxygens (including phenoxy) is 3. The number of sulfonamides is 1. The van der Waals surface area contributed by atoms with Crippen LogP contribution in [0.1, 0.15) is 50.1 Å². The summed E-state index contributed by atoms with van der Waals surface area (Å²) in [5.41, 5.74) is 2.30. The van der Waals surface area contributed by atoms with E-state index in [1.165, 1.54) is 11.5 Å². The van der Waals surface area contributed by atoms with Crippen LogP contribution < -0.4 is 9.46 Å². The van der Waals surface area contributed by atoms with Crippen molar-refractivity contribution in [3.05, 3.63) is 47.5 Å². The maximum Gasteiger partial charge on any atom is 0.240 e. The highest BCUT2D eigenvalue weighted by Crippen LogP contribution is 2.36. The Morgan fingerprint density at radius 3 is 2.58 bits per heavy atom. The fourth-order valence-corrected chi connectivity index (χ4v) is 4.93. The molecule has 3 aromatic rings. The Balaban J connectivity index is 1.71. The maximum absolute atomic E-state index is 13.5. The lowest BCUT2D eigenvalue weighted by Gasteiger charge is -2.26. The van der Waals surface area contributed by atoms with Gasteiger partial charge in [-0.1, -0.05) is 6.07 Å². The van der Waals surface area contributed by atoms with Gasteiger partial charge in [-0.05, 0) is 51.0 Å². The topological polar surface area (TPSA) is 151 Å². The van der Waals surface area contributed by atoms with E-state index in [0.29, 0.717) is 17.1 Å². The molecule has 0 bridgehead atoms. The second kappa shape index (κ2) is 10.5. The highest BCUT2D eigenvalue weighted by atomic mass is 32.2. The zero-order chi connectivity index (χ0) is 26.0. The molecule has 1 aliphatic heterocycles. The molecule has 0 fully saturated rings. The van der Waals surface area contributed by atoms with Gasteiger partial charge in [0.15, 0.2) is 17.9 Å². The largest absolute Gasteiger partial charge is 0.497 e. The van der Waals surface area contributed by atoms with Crippen LogP contribution in [-0.2, 0) is 26.1 Å². The van der Waals surface area contributed by atoms with Crippen LogP contribution in [0.15, 0.2) is 30.6 Å². The lowest BCUT2D eigenvalue weighted by Crippen LogP contribution is -2.35. The molecule has 0 spiro atoms. The van der Waals surface area contributed by atoms with Gasteiger partial charge in [0.1, 0.15) is 17.1 Å². The number of benzene rings is 1. The molecule has 0 saturated heterocycles. The fourth-order valence-electron chi connectivity index (χ4n) is 3.84. The number of anilines is 1. The number of aliphatic hydroxyl groups is 1. The number of nitrogens with zero attached hydrogens (tertiary/aromatic N) is 5. The number of aryl methyl sites for hydroxylation is 1. The third kappa shape index (κ3) is 5.19. The zero-order valence-corrected chi connectivity index (χ0v) is 21.6. The first-order chi connectivity index (χ1) is 17.1. The van der Waals surface area contributed by atoms with Crippen molar-refractivity contribution in [3.8, 4) is 17.1 Å².